The molecule has 0 aromatic heterocycles. The molecule has 1 aliphatic rings. The summed E-state index contributed by atoms with van der Waals surface area (Å²) >= 11 is 1.88. The van der Waals surface area contributed by atoms with Crippen LogP contribution in [0.3, 0.4) is 0 Å². The van der Waals surface area contributed by atoms with Crippen molar-refractivity contribution >= 4 is 33.4 Å². The maximum atomic E-state index is 12.5. The monoisotopic (exact) mass is 448 g/mol. The molecule has 2 aromatic carbocycles. The minimum Gasteiger partial charge on any atom is -0.455 e. The smallest absolute Gasteiger partial charge is 0.240 e. The Hall–Kier alpha value is -2.19. The second-order valence-corrected chi connectivity index (χ2v) is 10.6. The lowest BCUT2D eigenvalue weighted by Gasteiger charge is -2.24. The van der Waals surface area contributed by atoms with Gasteiger partial charge in [-0.15, -0.1) is 0 Å². The van der Waals surface area contributed by atoms with Crippen molar-refractivity contribution in [3.05, 3.63) is 54.6 Å². The number of anilines is 1. The molecule has 6 nitrogen and oxygen atoms in total. The van der Waals surface area contributed by atoms with E-state index in [0.717, 1.165) is 16.3 Å². The van der Waals surface area contributed by atoms with Gasteiger partial charge >= 0.3 is 0 Å². The third-order valence-corrected chi connectivity index (χ3v) is 7.38. The first kappa shape index (κ1) is 22.5. The first-order valence-electron chi connectivity index (χ1n) is 10.1. The zero-order valence-corrected chi connectivity index (χ0v) is 18.8. The Morgan fingerprint density at radius 1 is 1.10 bits per heavy atom. The minimum absolute atomic E-state index is 0.290. The highest BCUT2D eigenvalue weighted by atomic mass is 32.2. The molecule has 1 fully saturated rings. The minimum atomic E-state index is -3.68. The van der Waals surface area contributed by atoms with Crippen LogP contribution in [0.4, 0.5) is 5.69 Å². The largest absolute Gasteiger partial charge is 0.455 e. The van der Waals surface area contributed by atoms with Crippen LogP contribution in [0.2, 0.25) is 0 Å². The Labute approximate surface area is 183 Å². The van der Waals surface area contributed by atoms with Crippen LogP contribution in [0.15, 0.2) is 54.6 Å². The SMILES string of the molecule is CS(=O)(=O)N(CC(=O)NCCSC1CCCC1)c1ccccc1Oc1ccccc1. The molecule has 1 saturated carbocycles. The third kappa shape index (κ3) is 6.67. The van der Waals surface area contributed by atoms with Crippen LogP contribution in [0.25, 0.3) is 0 Å². The van der Waals surface area contributed by atoms with E-state index >= 15 is 0 Å². The van der Waals surface area contributed by atoms with Crippen molar-refractivity contribution in [2.75, 3.05) is 29.4 Å². The van der Waals surface area contributed by atoms with Crippen molar-refractivity contribution < 1.29 is 17.9 Å². The highest BCUT2D eigenvalue weighted by molar-refractivity contribution is 7.99. The Bertz CT molecular complexity index is 929. The molecule has 0 saturated heterocycles. The summed E-state index contributed by atoms with van der Waals surface area (Å²) in [5, 5.41) is 3.53. The zero-order valence-electron chi connectivity index (χ0n) is 17.1. The number of rotatable bonds is 10. The summed E-state index contributed by atoms with van der Waals surface area (Å²) in [6, 6.07) is 15.9. The van der Waals surface area contributed by atoms with E-state index in [1.807, 2.05) is 30.0 Å². The molecule has 0 unspecified atom stereocenters. The lowest BCUT2D eigenvalue weighted by atomic mass is 10.3. The Kier molecular flexibility index (Phi) is 8.04. The van der Waals surface area contributed by atoms with E-state index in [0.29, 0.717) is 29.0 Å². The van der Waals surface area contributed by atoms with Crippen LogP contribution in [0, 0.1) is 0 Å². The van der Waals surface area contributed by atoms with Gasteiger partial charge in [-0.25, -0.2) is 8.42 Å². The first-order chi connectivity index (χ1) is 14.4. The van der Waals surface area contributed by atoms with Gasteiger partial charge in [-0.1, -0.05) is 43.2 Å². The molecular weight excluding hydrogens is 420 g/mol. The maximum Gasteiger partial charge on any atom is 0.240 e. The van der Waals surface area contributed by atoms with Gasteiger partial charge in [0.2, 0.25) is 15.9 Å². The van der Waals surface area contributed by atoms with Crippen LogP contribution < -0.4 is 14.4 Å². The molecule has 1 N–H and O–H groups in total. The molecule has 3 rings (SSSR count). The second-order valence-electron chi connectivity index (χ2n) is 7.28. The normalized spacial score (nSPS) is 14.4. The van der Waals surface area contributed by atoms with Crippen LogP contribution in [-0.2, 0) is 14.8 Å². The fraction of sp³-hybridized carbons (Fsp3) is 0.409. The van der Waals surface area contributed by atoms with Gasteiger partial charge in [-0.3, -0.25) is 9.10 Å². The van der Waals surface area contributed by atoms with Crippen LogP contribution in [0.5, 0.6) is 11.5 Å². The van der Waals surface area contributed by atoms with Crippen molar-refractivity contribution in [1.29, 1.82) is 0 Å². The standard InChI is InChI=1S/C22H28N2O4S2/c1-30(26,27)24(17-22(25)23-15-16-29-19-11-5-6-12-19)20-13-7-8-14-21(20)28-18-9-3-2-4-10-18/h2-4,7-10,13-14,19H,5-6,11-12,15-17H2,1H3,(H,23,25). The zero-order chi connectivity index (χ0) is 21.4. The van der Waals surface area contributed by atoms with E-state index in [1.165, 1.54) is 25.7 Å². The molecule has 0 bridgehead atoms. The number of carbonyl (C=O) groups excluding carboxylic acids is 1. The fourth-order valence-corrected chi connectivity index (χ4v) is 5.48. The molecule has 0 radical (unpaired) electrons. The van der Waals surface area contributed by atoms with E-state index in [9.17, 15) is 13.2 Å². The lowest BCUT2D eigenvalue weighted by molar-refractivity contribution is -0.119. The lowest BCUT2D eigenvalue weighted by Crippen LogP contribution is -2.41. The summed E-state index contributed by atoms with van der Waals surface area (Å²) in [7, 11) is -3.68. The van der Waals surface area contributed by atoms with Crippen LogP contribution >= 0.6 is 11.8 Å². The number of hydrogen-bond acceptors (Lipinski definition) is 5. The summed E-state index contributed by atoms with van der Waals surface area (Å²) in [5.74, 6) is 1.47. The van der Waals surface area contributed by atoms with Crippen molar-refractivity contribution in [1.82, 2.24) is 5.32 Å². The molecule has 30 heavy (non-hydrogen) atoms. The van der Waals surface area contributed by atoms with Gasteiger partial charge < -0.3 is 10.1 Å². The first-order valence-corrected chi connectivity index (χ1v) is 13.0. The maximum absolute atomic E-state index is 12.5. The van der Waals surface area contributed by atoms with Gasteiger partial charge in [0, 0.05) is 17.5 Å². The highest BCUT2D eigenvalue weighted by Gasteiger charge is 2.24. The van der Waals surface area contributed by atoms with Crippen molar-refractivity contribution in [3.63, 3.8) is 0 Å². The van der Waals surface area contributed by atoms with E-state index < -0.39 is 10.0 Å². The molecule has 0 aliphatic heterocycles. The van der Waals surface area contributed by atoms with Gasteiger partial charge in [0.05, 0.1) is 11.9 Å². The number of carbonyl (C=O) groups is 1. The summed E-state index contributed by atoms with van der Waals surface area (Å²) in [4.78, 5) is 12.5. The summed E-state index contributed by atoms with van der Waals surface area (Å²) in [5.41, 5.74) is 0.333. The predicted octanol–water partition coefficient (Wildman–Crippen LogP) is 4.04. The number of nitrogens with zero attached hydrogens (tertiary/aromatic N) is 1. The number of ether oxygens (including phenoxy) is 1. The number of amides is 1. The third-order valence-electron chi connectivity index (χ3n) is 4.87. The van der Waals surface area contributed by atoms with Gasteiger partial charge in [0.15, 0.2) is 5.75 Å². The molecule has 2 aromatic rings. The summed E-state index contributed by atoms with van der Waals surface area (Å²) in [6.45, 7) is 0.238. The Morgan fingerprint density at radius 2 is 1.77 bits per heavy atom. The quantitative estimate of drug-likeness (QED) is 0.555. The molecule has 0 spiro atoms. The van der Waals surface area contributed by atoms with Gasteiger partial charge in [0.25, 0.3) is 0 Å². The molecule has 0 heterocycles. The molecule has 162 valence electrons. The van der Waals surface area contributed by atoms with Crippen LogP contribution in [0.1, 0.15) is 25.7 Å². The van der Waals surface area contributed by atoms with E-state index in [-0.39, 0.29) is 12.5 Å². The fourth-order valence-electron chi connectivity index (χ4n) is 3.40. The topological polar surface area (TPSA) is 75.7 Å². The number of sulfonamides is 1. The van der Waals surface area contributed by atoms with Crippen LogP contribution in [-0.4, -0.2) is 44.7 Å². The average Bonchev–Trinajstić information content (AvgIpc) is 3.24. The van der Waals surface area contributed by atoms with E-state index in [1.54, 1.807) is 36.4 Å². The average molecular weight is 449 g/mol. The molecule has 0 atom stereocenters. The summed E-state index contributed by atoms with van der Waals surface area (Å²) in [6.07, 6.45) is 6.17. The molecule has 1 aliphatic carbocycles. The predicted molar refractivity (Wildman–Crippen MR) is 123 cm³/mol. The van der Waals surface area contributed by atoms with Gasteiger partial charge in [-0.2, -0.15) is 11.8 Å². The number of nitrogens with one attached hydrogen (secondary N) is 1. The molecule has 1 amide bonds. The number of hydrogen-bond donors (Lipinski definition) is 1. The molecular formula is C22H28N2O4S2. The van der Waals surface area contributed by atoms with Crippen molar-refractivity contribution in [2.45, 2.75) is 30.9 Å². The Morgan fingerprint density at radius 3 is 2.47 bits per heavy atom. The van der Waals surface area contributed by atoms with Gasteiger partial charge in [0.1, 0.15) is 12.3 Å². The second kappa shape index (κ2) is 10.7. The van der Waals surface area contributed by atoms with Crippen molar-refractivity contribution in [2.24, 2.45) is 0 Å². The summed E-state index contributed by atoms with van der Waals surface area (Å²) < 4.78 is 31.9. The number of benzene rings is 2. The highest BCUT2D eigenvalue weighted by Crippen LogP contribution is 2.33. The van der Waals surface area contributed by atoms with Crippen molar-refractivity contribution in [3.8, 4) is 11.5 Å². The molecule has 8 heteroatoms. The van der Waals surface area contributed by atoms with E-state index in [4.69, 9.17) is 4.74 Å². The van der Waals surface area contributed by atoms with Gasteiger partial charge in [-0.05, 0) is 37.1 Å². The number of thioether (sulfide) groups is 1. The van der Waals surface area contributed by atoms with E-state index in [2.05, 4.69) is 5.32 Å². The Balaban J connectivity index is 1.65. The number of para-hydroxylation sites is 3.